The first-order valence-electron chi connectivity index (χ1n) is 5.27. The van der Waals surface area contributed by atoms with Crippen molar-refractivity contribution in [2.24, 2.45) is 0 Å². The Balaban J connectivity index is 2.06. The lowest BCUT2D eigenvalue weighted by atomic mass is 10.0. The highest BCUT2D eigenvalue weighted by Gasteiger charge is 2.06. The van der Waals surface area contributed by atoms with E-state index in [0.717, 1.165) is 22.4 Å². The van der Waals surface area contributed by atoms with Crippen LogP contribution in [0.25, 0.3) is 21.6 Å². The number of anilines is 1. The summed E-state index contributed by atoms with van der Waals surface area (Å²) in [4.78, 5) is 1.20. The van der Waals surface area contributed by atoms with Crippen LogP contribution in [0.2, 0.25) is 0 Å². The first-order chi connectivity index (χ1) is 8.34. The van der Waals surface area contributed by atoms with Crippen molar-refractivity contribution in [2.45, 2.75) is 0 Å². The largest absolute Gasteiger partial charge is 0.398 e. The third kappa shape index (κ3) is 1.83. The van der Waals surface area contributed by atoms with E-state index in [-0.39, 0.29) is 0 Å². The van der Waals surface area contributed by atoms with Crippen molar-refractivity contribution in [1.82, 2.24) is 10.2 Å². The van der Waals surface area contributed by atoms with Gasteiger partial charge >= 0.3 is 0 Å². The topological polar surface area (TPSA) is 54.7 Å². The van der Waals surface area contributed by atoms with Gasteiger partial charge in [-0.25, -0.2) is 0 Å². The molecule has 0 fully saturated rings. The Morgan fingerprint density at radius 1 is 1.18 bits per heavy atom. The Labute approximate surface area is 103 Å². The van der Waals surface area contributed by atoms with Crippen molar-refractivity contribution < 1.29 is 0 Å². The number of nitrogen functional groups attached to an aromatic ring is 1. The standard InChI is InChI=1S/C13H11N3S/c14-12-6-9(10-7-15-16-8-10)3-4-11(12)13-2-1-5-17-13/h1-8H,14H2,(H,15,16). The van der Waals surface area contributed by atoms with Crippen LogP contribution >= 0.6 is 11.3 Å². The molecule has 3 aromatic rings. The van der Waals surface area contributed by atoms with Gasteiger partial charge in [0.25, 0.3) is 0 Å². The van der Waals surface area contributed by atoms with E-state index in [1.165, 1.54) is 4.88 Å². The van der Waals surface area contributed by atoms with Crippen molar-refractivity contribution in [2.75, 3.05) is 5.73 Å². The first-order valence-corrected chi connectivity index (χ1v) is 6.15. The maximum atomic E-state index is 6.09. The summed E-state index contributed by atoms with van der Waals surface area (Å²) in [5.74, 6) is 0. The second kappa shape index (κ2) is 4.07. The molecule has 84 valence electrons. The highest BCUT2D eigenvalue weighted by atomic mass is 32.1. The lowest BCUT2D eigenvalue weighted by Gasteiger charge is -2.05. The summed E-state index contributed by atoms with van der Waals surface area (Å²) in [5, 5.41) is 8.79. The summed E-state index contributed by atoms with van der Waals surface area (Å²) < 4.78 is 0. The van der Waals surface area contributed by atoms with Gasteiger partial charge in [0, 0.05) is 27.9 Å². The molecule has 0 aliphatic rings. The van der Waals surface area contributed by atoms with Gasteiger partial charge in [-0.3, -0.25) is 5.10 Å². The Hall–Kier alpha value is -2.07. The number of aromatic nitrogens is 2. The van der Waals surface area contributed by atoms with Gasteiger partial charge in [-0.15, -0.1) is 11.3 Å². The number of rotatable bonds is 2. The molecule has 0 spiro atoms. The third-order valence-electron chi connectivity index (χ3n) is 2.67. The maximum Gasteiger partial charge on any atom is 0.0565 e. The van der Waals surface area contributed by atoms with Crippen LogP contribution in [0.1, 0.15) is 0 Å². The van der Waals surface area contributed by atoms with E-state index >= 15 is 0 Å². The second-order valence-corrected chi connectivity index (χ2v) is 4.71. The average Bonchev–Trinajstić information content (AvgIpc) is 3.02. The number of hydrogen-bond donors (Lipinski definition) is 2. The molecule has 0 atom stereocenters. The van der Waals surface area contributed by atoms with E-state index in [2.05, 4.69) is 33.8 Å². The molecule has 2 heterocycles. The van der Waals surface area contributed by atoms with Crippen LogP contribution in [0.15, 0.2) is 48.1 Å². The lowest BCUT2D eigenvalue weighted by molar-refractivity contribution is 1.09. The number of nitrogens with two attached hydrogens (primary N) is 1. The summed E-state index contributed by atoms with van der Waals surface area (Å²) in [6.07, 6.45) is 3.65. The zero-order valence-electron chi connectivity index (χ0n) is 9.05. The quantitative estimate of drug-likeness (QED) is 0.676. The maximum absolute atomic E-state index is 6.09. The normalized spacial score (nSPS) is 10.6. The summed E-state index contributed by atoms with van der Waals surface area (Å²) in [7, 11) is 0. The number of benzene rings is 1. The molecule has 0 aliphatic heterocycles. The first kappa shape index (κ1) is 10.1. The molecule has 0 saturated heterocycles. The van der Waals surface area contributed by atoms with Gasteiger partial charge in [-0.1, -0.05) is 18.2 Å². The van der Waals surface area contributed by atoms with Crippen LogP contribution in [0, 0.1) is 0 Å². The second-order valence-electron chi connectivity index (χ2n) is 3.77. The van der Waals surface area contributed by atoms with E-state index in [0.29, 0.717) is 0 Å². The smallest absolute Gasteiger partial charge is 0.0565 e. The van der Waals surface area contributed by atoms with Crippen molar-refractivity contribution >= 4 is 17.0 Å². The molecule has 0 amide bonds. The molecule has 2 aromatic heterocycles. The molecule has 1 aromatic carbocycles. The van der Waals surface area contributed by atoms with Crippen LogP contribution in [0.4, 0.5) is 5.69 Å². The van der Waals surface area contributed by atoms with Gasteiger partial charge < -0.3 is 5.73 Å². The summed E-state index contributed by atoms with van der Waals surface area (Å²) in [6.45, 7) is 0. The van der Waals surface area contributed by atoms with Crippen LogP contribution in [0.3, 0.4) is 0 Å². The Morgan fingerprint density at radius 2 is 2.12 bits per heavy atom. The van der Waals surface area contributed by atoms with Crippen molar-refractivity contribution in [3.8, 4) is 21.6 Å². The molecule has 0 aliphatic carbocycles. The number of nitrogens with one attached hydrogen (secondary N) is 1. The average molecular weight is 241 g/mol. The molecule has 0 saturated carbocycles. The number of hydrogen-bond acceptors (Lipinski definition) is 3. The van der Waals surface area contributed by atoms with Crippen molar-refractivity contribution in [1.29, 1.82) is 0 Å². The Bertz CT molecular complexity index is 612. The number of thiophene rings is 1. The van der Waals surface area contributed by atoms with Crippen LogP contribution in [0.5, 0.6) is 0 Å². The van der Waals surface area contributed by atoms with E-state index in [1.54, 1.807) is 17.5 Å². The molecule has 17 heavy (non-hydrogen) atoms. The minimum Gasteiger partial charge on any atom is -0.398 e. The molecule has 0 unspecified atom stereocenters. The molecule has 4 heteroatoms. The van der Waals surface area contributed by atoms with Gasteiger partial charge in [0.05, 0.1) is 6.20 Å². The summed E-state index contributed by atoms with van der Waals surface area (Å²) in [5.41, 5.74) is 10.1. The summed E-state index contributed by atoms with van der Waals surface area (Å²) in [6, 6.07) is 10.2. The molecular formula is C13H11N3S. The lowest BCUT2D eigenvalue weighted by Crippen LogP contribution is -1.89. The van der Waals surface area contributed by atoms with Crippen LogP contribution in [-0.2, 0) is 0 Å². The van der Waals surface area contributed by atoms with Crippen LogP contribution < -0.4 is 5.73 Å². The fourth-order valence-electron chi connectivity index (χ4n) is 1.81. The Kier molecular flexibility index (Phi) is 2.42. The van der Waals surface area contributed by atoms with Gasteiger partial charge in [-0.2, -0.15) is 5.10 Å². The molecule has 3 rings (SSSR count). The fourth-order valence-corrected chi connectivity index (χ4v) is 2.58. The molecule has 3 N–H and O–H groups in total. The van der Waals surface area contributed by atoms with Crippen LogP contribution in [-0.4, -0.2) is 10.2 Å². The van der Waals surface area contributed by atoms with E-state index in [1.807, 2.05) is 18.3 Å². The molecular weight excluding hydrogens is 230 g/mol. The van der Waals surface area contributed by atoms with Gasteiger partial charge in [0.15, 0.2) is 0 Å². The minimum atomic E-state index is 0.797. The SMILES string of the molecule is Nc1cc(-c2cn[nH]c2)ccc1-c1cccs1. The van der Waals surface area contributed by atoms with Gasteiger partial charge in [-0.05, 0) is 23.1 Å². The molecule has 0 bridgehead atoms. The van der Waals surface area contributed by atoms with Gasteiger partial charge in [0.1, 0.15) is 0 Å². The molecule has 3 nitrogen and oxygen atoms in total. The van der Waals surface area contributed by atoms with E-state index in [4.69, 9.17) is 5.73 Å². The highest BCUT2D eigenvalue weighted by Crippen LogP contribution is 2.32. The number of aromatic amines is 1. The van der Waals surface area contributed by atoms with Crippen molar-refractivity contribution in [3.05, 3.63) is 48.1 Å². The highest BCUT2D eigenvalue weighted by molar-refractivity contribution is 7.13. The number of H-pyrrole nitrogens is 1. The molecule has 0 radical (unpaired) electrons. The fraction of sp³-hybridized carbons (Fsp3) is 0. The predicted octanol–water partition coefficient (Wildman–Crippen LogP) is 3.39. The monoisotopic (exact) mass is 241 g/mol. The van der Waals surface area contributed by atoms with Crippen molar-refractivity contribution in [3.63, 3.8) is 0 Å². The summed E-state index contributed by atoms with van der Waals surface area (Å²) >= 11 is 1.70. The van der Waals surface area contributed by atoms with E-state index < -0.39 is 0 Å². The zero-order valence-corrected chi connectivity index (χ0v) is 9.87. The van der Waals surface area contributed by atoms with E-state index in [9.17, 15) is 0 Å². The minimum absolute atomic E-state index is 0.797. The third-order valence-corrected chi connectivity index (χ3v) is 3.57. The Morgan fingerprint density at radius 3 is 2.76 bits per heavy atom. The zero-order chi connectivity index (χ0) is 11.7. The predicted molar refractivity (Wildman–Crippen MR) is 71.7 cm³/mol. The van der Waals surface area contributed by atoms with Gasteiger partial charge in [0.2, 0.25) is 0 Å². The number of nitrogens with zero attached hydrogens (tertiary/aromatic N) is 1.